The van der Waals surface area contributed by atoms with Gasteiger partial charge in [-0.25, -0.2) is 0 Å². The second-order valence-electron chi connectivity index (χ2n) is 3.07. The molecule has 0 unspecified atom stereocenters. The lowest BCUT2D eigenvalue weighted by atomic mass is 10.2. The topological polar surface area (TPSA) is 24.5 Å². The van der Waals surface area contributed by atoms with Crippen molar-refractivity contribution >= 4 is 11.4 Å². The SMILES string of the molecule is CCN1CNc2cc(OC)ccc21. The fraction of sp³-hybridized carbons (Fsp3) is 0.400. The first-order valence-corrected chi connectivity index (χ1v) is 4.52. The number of nitrogens with one attached hydrogen (secondary N) is 1. The Morgan fingerprint density at radius 2 is 2.38 bits per heavy atom. The van der Waals surface area contributed by atoms with E-state index in [-0.39, 0.29) is 0 Å². The predicted molar refractivity (Wildman–Crippen MR) is 54.5 cm³/mol. The fourth-order valence-corrected chi connectivity index (χ4v) is 1.61. The van der Waals surface area contributed by atoms with Crippen LogP contribution >= 0.6 is 0 Å². The monoisotopic (exact) mass is 178 g/mol. The Balaban J connectivity index is 2.34. The molecule has 2 rings (SSSR count). The minimum absolute atomic E-state index is 0.902. The number of methoxy groups -OCH3 is 1. The lowest BCUT2D eigenvalue weighted by molar-refractivity contribution is 0.415. The van der Waals surface area contributed by atoms with Crippen LogP contribution in [-0.2, 0) is 0 Å². The average Bonchev–Trinajstić information content (AvgIpc) is 2.59. The van der Waals surface area contributed by atoms with Gasteiger partial charge in [-0.15, -0.1) is 0 Å². The highest BCUT2D eigenvalue weighted by Gasteiger charge is 2.16. The van der Waals surface area contributed by atoms with E-state index in [1.54, 1.807) is 7.11 Å². The molecule has 13 heavy (non-hydrogen) atoms. The molecule has 1 heterocycles. The third-order valence-corrected chi connectivity index (χ3v) is 2.39. The fourth-order valence-electron chi connectivity index (χ4n) is 1.61. The second-order valence-corrected chi connectivity index (χ2v) is 3.07. The van der Waals surface area contributed by atoms with Crippen molar-refractivity contribution in [2.24, 2.45) is 0 Å². The van der Waals surface area contributed by atoms with Gasteiger partial charge in [-0.3, -0.25) is 0 Å². The van der Waals surface area contributed by atoms with Crippen molar-refractivity contribution in [1.29, 1.82) is 0 Å². The van der Waals surface area contributed by atoms with Gasteiger partial charge in [0.25, 0.3) is 0 Å². The molecule has 70 valence electrons. The highest BCUT2D eigenvalue weighted by Crippen LogP contribution is 2.33. The molecule has 1 aliphatic rings. The quantitative estimate of drug-likeness (QED) is 0.748. The molecular weight excluding hydrogens is 164 g/mol. The normalized spacial score (nSPS) is 13.8. The van der Waals surface area contributed by atoms with Crippen molar-refractivity contribution in [3.05, 3.63) is 18.2 Å². The van der Waals surface area contributed by atoms with Crippen LogP contribution < -0.4 is 15.0 Å². The molecule has 0 bridgehead atoms. The Labute approximate surface area is 78.3 Å². The number of hydrogen-bond acceptors (Lipinski definition) is 3. The molecule has 0 spiro atoms. The summed E-state index contributed by atoms with van der Waals surface area (Å²) in [7, 11) is 1.69. The van der Waals surface area contributed by atoms with Gasteiger partial charge in [0.05, 0.1) is 25.2 Å². The van der Waals surface area contributed by atoms with E-state index < -0.39 is 0 Å². The summed E-state index contributed by atoms with van der Waals surface area (Å²) in [6.45, 7) is 4.09. The van der Waals surface area contributed by atoms with Crippen molar-refractivity contribution in [3.63, 3.8) is 0 Å². The molecule has 0 saturated carbocycles. The Bertz CT molecular complexity index is 312. The summed E-state index contributed by atoms with van der Waals surface area (Å²) in [6, 6.07) is 6.12. The van der Waals surface area contributed by atoms with Gasteiger partial charge >= 0.3 is 0 Å². The molecule has 0 saturated heterocycles. The smallest absolute Gasteiger partial charge is 0.121 e. The van der Waals surface area contributed by atoms with Crippen molar-refractivity contribution < 1.29 is 4.74 Å². The zero-order valence-electron chi connectivity index (χ0n) is 8.00. The molecule has 1 aromatic rings. The van der Waals surface area contributed by atoms with E-state index in [4.69, 9.17) is 4.74 Å². The number of nitrogens with zero attached hydrogens (tertiary/aromatic N) is 1. The summed E-state index contributed by atoms with van der Waals surface area (Å²) in [5.41, 5.74) is 2.43. The molecule has 3 nitrogen and oxygen atoms in total. The molecule has 0 aliphatic carbocycles. The molecule has 1 aromatic carbocycles. The maximum atomic E-state index is 5.15. The number of hydrogen-bond donors (Lipinski definition) is 1. The molecule has 0 aromatic heterocycles. The Morgan fingerprint density at radius 1 is 1.54 bits per heavy atom. The number of fused-ring (bicyclic) bond motifs is 1. The number of ether oxygens (including phenoxy) is 1. The highest BCUT2D eigenvalue weighted by atomic mass is 16.5. The highest BCUT2D eigenvalue weighted by molar-refractivity contribution is 5.76. The van der Waals surface area contributed by atoms with Crippen LogP contribution in [0.4, 0.5) is 11.4 Å². The van der Waals surface area contributed by atoms with E-state index in [0.717, 1.165) is 19.0 Å². The maximum Gasteiger partial charge on any atom is 0.121 e. The first kappa shape index (κ1) is 8.23. The van der Waals surface area contributed by atoms with Crippen molar-refractivity contribution in [2.75, 3.05) is 30.5 Å². The van der Waals surface area contributed by atoms with Crippen LogP contribution in [0.1, 0.15) is 6.92 Å². The summed E-state index contributed by atoms with van der Waals surface area (Å²) < 4.78 is 5.15. The maximum absolute atomic E-state index is 5.15. The molecule has 0 radical (unpaired) electrons. The Kier molecular flexibility index (Phi) is 2.00. The third-order valence-electron chi connectivity index (χ3n) is 2.39. The van der Waals surface area contributed by atoms with Crippen LogP contribution in [0.15, 0.2) is 18.2 Å². The van der Waals surface area contributed by atoms with Crippen molar-refractivity contribution in [1.82, 2.24) is 0 Å². The molecule has 1 aliphatic heterocycles. The first-order valence-electron chi connectivity index (χ1n) is 4.52. The van der Waals surface area contributed by atoms with Crippen LogP contribution in [0, 0.1) is 0 Å². The molecule has 3 heteroatoms. The lowest BCUT2D eigenvalue weighted by Crippen LogP contribution is -2.21. The largest absolute Gasteiger partial charge is 0.497 e. The van der Waals surface area contributed by atoms with Gasteiger partial charge in [-0.05, 0) is 19.1 Å². The predicted octanol–water partition coefficient (Wildman–Crippen LogP) is 1.90. The van der Waals surface area contributed by atoms with E-state index in [1.165, 1.54) is 11.4 Å². The second kappa shape index (κ2) is 3.17. The van der Waals surface area contributed by atoms with Crippen molar-refractivity contribution in [2.45, 2.75) is 6.92 Å². The van der Waals surface area contributed by atoms with Gasteiger partial charge < -0.3 is 15.0 Å². The average molecular weight is 178 g/mol. The van der Waals surface area contributed by atoms with E-state index in [0.29, 0.717) is 0 Å². The standard InChI is InChI=1S/C10H14N2O/c1-3-12-7-11-9-6-8(13-2)4-5-10(9)12/h4-6,11H,3,7H2,1-2H3. The summed E-state index contributed by atoms with van der Waals surface area (Å²) in [4.78, 5) is 2.29. The van der Waals surface area contributed by atoms with E-state index in [2.05, 4.69) is 23.2 Å². The first-order chi connectivity index (χ1) is 6.35. The minimum Gasteiger partial charge on any atom is -0.497 e. The van der Waals surface area contributed by atoms with Crippen molar-refractivity contribution in [3.8, 4) is 5.75 Å². The van der Waals surface area contributed by atoms with Crippen LogP contribution in [0.2, 0.25) is 0 Å². The minimum atomic E-state index is 0.902. The van der Waals surface area contributed by atoms with E-state index in [9.17, 15) is 0 Å². The number of rotatable bonds is 2. The molecular formula is C10H14N2O. The summed E-state index contributed by atoms with van der Waals surface area (Å²) in [5, 5.41) is 3.32. The molecule has 0 atom stereocenters. The van der Waals surface area contributed by atoms with E-state index in [1.807, 2.05) is 12.1 Å². The van der Waals surface area contributed by atoms with Gasteiger partial charge in [0, 0.05) is 12.6 Å². The molecule has 0 amide bonds. The third kappa shape index (κ3) is 1.30. The lowest BCUT2D eigenvalue weighted by Gasteiger charge is -2.14. The number of benzene rings is 1. The van der Waals surface area contributed by atoms with Gasteiger partial charge in [0.1, 0.15) is 5.75 Å². The Hall–Kier alpha value is -1.38. The molecule has 1 N–H and O–H groups in total. The van der Waals surface area contributed by atoms with E-state index >= 15 is 0 Å². The van der Waals surface area contributed by atoms with Gasteiger partial charge in [0.2, 0.25) is 0 Å². The Morgan fingerprint density at radius 3 is 3.08 bits per heavy atom. The van der Waals surface area contributed by atoms with Crippen LogP contribution in [0.3, 0.4) is 0 Å². The number of anilines is 2. The van der Waals surface area contributed by atoms with Gasteiger partial charge in [0.15, 0.2) is 0 Å². The summed E-state index contributed by atoms with van der Waals surface area (Å²) >= 11 is 0. The summed E-state index contributed by atoms with van der Waals surface area (Å²) in [5.74, 6) is 0.907. The molecule has 0 fully saturated rings. The van der Waals surface area contributed by atoms with Gasteiger partial charge in [-0.2, -0.15) is 0 Å². The zero-order valence-corrected chi connectivity index (χ0v) is 8.00. The summed E-state index contributed by atoms with van der Waals surface area (Å²) in [6.07, 6.45) is 0. The van der Waals surface area contributed by atoms with Crippen LogP contribution in [-0.4, -0.2) is 20.3 Å². The van der Waals surface area contributed by atoms with Crippen LogP contribution in [0.25, 0.3) is 0 Å². The van der Waals surface area contributed by atoms with Crippen LogP contribution in [0.5, 0.6) is 5.75 Å². The zero-order chi connectivity index (χ0) is 9.26. The van der Waals surface area contributed by atoms with Gasteiger partial charge in [-0.1, -0.05) is 0 Å².